The third-order valence-electron chi connectivity index (χ3n) is 6.61. The van der Waals surface area contributed by atoms with E-state index < -0.39 is 5.97 Å². The number of carbonyl (C=O) groups excluding carboxylic acids is 2. The number of fused-ring (bicyclic) bond motifs is 2. The van der Waals surface area contributed by atoms with E-state index in [0.717, 1.165) is 19.4 Å². The average molecular weight is 408 g/mol. The standard InChI is InChI=1S/C15H22O3.C8H15NO2/c1-4-10(13(17)18)5-7-15-8-6-11(9-12(15)16)14(15,2)3;1-7(2)8(10)11-6-5-9(3)4/h5,11H,4,6-9H2,1-3H3,(H,17,18);1,5-6H2,2-4H3. The van der Waals surface area contributed by atoms with E-state index in [2.05, 4.69) is 20.4 Å². The molecule has 164 valence electrons. The number of carboxylic acid groups (broad SMARTS) is 1. The fourth-order valence-electron chi connectivity index (χ4n) is 4.37. The molecule has 0 aliphatic heterocycles. The predicted octanol–water partition coefficient (Wildman–Crippen LogP) is 3.86. The molecule has 2 rings (SSSR count). The first-order valence-corrected chi connectivity index (χ1v) is 10.3. The van der Waals surface area contributed by atoms with Crippen LogP contribution in [0.3, 0.4) is 0 Å². The van der Waals surface area contributed by atoms with Crippen LogP contribution in [0, 0.1) is 16.7 Å². The van der Waals surface area contributed by atoms with E-state index in [1.54, 1.807) is 13.0 Å². The summed E-state index contributed by atoms with van der Waals surface area (Å²) in [6, 6.07) is 0. The maximum atomic E-state index is 12.3. The van der Waals surface area contributed by atoms with Gasteiger partial charge >= 0.3 is 11.9 Å². The second-order valence-corrected chi connectivity index (χ2v) is 8.98. The molecule has 0 saturated heterocycles. The number of carbonyl (C=O) groups is 3. The van der Waals surface area contributed by atoms with Gasteiger partial charge in [0.05, 0.1) is 0 Å². The molecule has 0 aromatic rings. The maximum absolute atomic E-state index is 12.3. The molecular formula is C23H37NO5. The van der Waals surface area contributed by atoms with Crippen LogP contribution >= 0.6 is 0 Å². The van der Waals surface area contributed by atoms with Gasteiger partial charge in [0.1, 0.15) is 12.4 Å². The summed E-state index contributed by atoms with van der Waals surface area (Å²) in [5, 5.41) is 9.06. The minimum absolute atomic E-state index is 0.0257. The van der Waals surface area contributed by atoms with Gasteiger partial charge < -0.3 is 14.7 Å². The van der Waals surface area contributed by atoms with Gasteiger partial charge in [0.2, 0.25) is 0 Å². The zero-order valence-electron chi connectivity index (χ0n) is 18.8. The summed E-state index contributed by atoms with van der Waals surface area (Å²) >= 11 is 0. The van der Waals surface area contributed by atoms with Gasteiger partial charge in [-0.1, -0.05) is 33.4 Å². The molecular weight excluding hydrogens is 370 g/mol. The Labute approximate surface area is 175 Å². The highest BCUT2D eigenvalue weighted by Crippen LogP contribution is 2.65. The first-order valence-electron chi connectivity index (χ1n) is 10.3. The SMILES string of the molecule is C=C(C)C(=O)OCCN(C)C.CCC(=CCC12CCC(CC1=O)C2(C)C)C(=O)O. The second kappa shape index (κ2) is 10.2. The third-order valence-corrected chi connectivity index (χ3v) is 6.61. The van der Waals surface area contributed by atoms with Crippen molar-refractivity contribution in [3.05, 3.63) is 23.8 Å². The minimum atomic E-state index is -0.855. The number of hydrogen-bond donors (Lipinski definition) is 1. The van der Waals surface area contributed by atoms with Crippen LogP contribution in [0.5, 0.6) is 0 Å². The van der Waals surface area contributed by atoms with Gasteiger partial charge in [-0.3, -0.25) is 4.79 Å². The van der Waals surface area contributed by atoms with Crippen LogP contribution in [0.25, 0.3) is 0 Å². The van der Waals surface area contributed by atoms with Gasteiger partial charge in [-0.25, -0.2) is 9.59 Å². The number of rotatable bonds is 8. The largest absolute Gasteiger partial charge is 0.478 e. The van der Waals surface area contributed by atoms with Crippen molar-refractivity contribution in [2.75, 3.05) is 27.2 Å². The molecule has 0 aromatic heterocycles. The first-order chi connectivity index (χ1) is 13.4. The number of nitrogens with zero attached hydrogens (tertiary/aromatic N) is 1. The summed E-state index contributed by atoms with van der Waals surface area (Å²) in [6.07, 6.45) is 5.64. The molecule has 6 nitrogen and oxygen atoms in total. The Morgan fingerprint density at radius 3 is 2.34 bits per heavy atom. The zero-order chi connectivity index (χ0) is 22.4. The summed E-state index contributed by atoms with van der Waals surface area (Å²) in [6.45, 7) is 12.5. The fraction of sp³-hybridized carbons (Fsp3) is 0.696. The van der Waals surface area contributed by atoms with Gasteiger partial charge in [0.15, 0.2) is 0 Å². The van der Waals surface area contributed by atoms with Gasteiger partial charge in [-0.05, 0) is 58.0 Å². The molecule has 0 amide bonds. The van der Waals surface area contributed by atoms with Gasteiger partial charge in [-0.15, -0.1) is 0 Å². The predicted molar refractivity (Wildman–Crippen MR) is 114 cm³/mol. The van der Waals surface area contributed by atoms with Crippen LogP contribution in [-0.2, 0) is 19.1 Å². The highest BCUT2D eigenvalue weighted by atomic mass is 16.5. The summed E-state index contributed by atoms with van der Waals surface area (Å²) in [5.41, 5.74) is 0.609. The number of carboxylic acids is 1. The number of likely N-dealkylation sites (N-methyl/N-ethyl adjacent to an activating group) is 1. The van der Waals surface area contributed by atoms with Crippen molar-refractivity contribution in [3.8, 4) is 0 Å². The molecule has 0 aromatic carbocycles. The van der Waals surface area contributed by atoms with Crippen LogP contribution in [0.4, 0.5) is 0 Å². The van der Waals surface area contributed by atoms with Crippen LogP contribution < -0.4 is 0 Å². The molecule has 2 fully saturated rings. The lowest BCUT2D eigenvalue weighted by atomic mass is 9.66. The van der Waals surface area contributed by atoms with E-state index in [1.165, 1.54) is 0 Å². The minimum Gasteiger partial charge on any atom is -0.478 e. The Hall–Kier alpha value is -1.95. The molecule has 2 aliphatic carbocycles. The topological polar surface area (TPSA) is 83.9 Å². The molecule has 1 N–H and O–H groups in total. The van der Waals surface area contributed by atoms with Crippen LogP contribution in [-0.4, -0.2) is 55.0 Å². The molecule has 0 heterocycles. The average Bonchev–Trinajstić information content (AvgIpc) is 2.96. The van der Waals surface area contributed by atoms with E-state index in [0.29, 0.717) is 48.7 Å². The quantitative estimate of drug-likeness (QED) is 0.486. The van der Waals surface area contributed by atoms with E-state index in [1.807, 2.05) is 25.9 Å². The Balaban J connectivity index is 0.000000331. The van der Waals surface area contributed by atoms with Crippen molar-refractivity contribution >= 4 is 17.7 Å². The van der Waals surface area contributed by atoms with E-state index >= 15 is 0 Å². The van der Waals surface area contributed by atoms with Crippen molar-refractivity contribution in [1.29, 1.82) is 0 Å². The summed E-state index contributed by atoms with van der Waals surface area (Å²) in [4.78, 5) is 36.0. The van der Waals surface area contributed by atoms with Gasteiger partial charge in [0, 0.05) is 29.5 Å². The number of esters is 1. The monoisotopic (exact) mass is 407 g/mol. The normalized spacial score (nSPS) is 24.9. The number of ether oxygens (including phenoxy) is 1. The molecule has 2 bridgehead atoms. The number of ketones is 1. The molecule has 0 spiro atoms. The Bertz CT molecular complexity index is 677. The molecule has 2 aliphatic rings. The lowest BCUT2D eigenvalue weighted by molar-refractivity contribution is -0.139. The van der Waals surface area contributed by atoms with Crippen LogP contribution in [0.1, 0.15) is 59.8 Å². The lowest BCUT2D eigenvalue weighted by Crippen LogP contribution is -2.35. The highest BCUT2D eigenvalue weighted by Gasteiger charge is 2.63. The lowest BCUT2D eigenvalue weighted by Gasteiger charge is -2.35. The second-order valence-electron chi connectivity index (χ2n) is 8.98. The molecule has 2 saturated carbocycles. The molecule has 6 heteroatoms. The number of allylic oxidation sites excluding steroid dienone is 1. The number of Topliss-reactive ketones (excluding diaryl/α,β-unsaturated/α-hetero) is 1. The fourth-order valence-corrected chi connectivity index (χ4v) is 4.37. The van der Waals surface area contributed by atoms with Gasteiger partial charge in [-0.2, -0.15) is 0 Å². The Morgan fingerprint density at radius 2 is 1.97 bits per heavy atom. The summed E-state index contributed by atoms with van der Waals surface area (Å²) in [5.74, 6) is -0.326. The van der Waals surface area contributed by atoms with Crippen molar-refractivity contribution in [1.82, 2.24) is 4.90 Å². The van der Waals surface area contributed by atoms with Crippen molar-refractivity contribution in [2.45, 2.75) is 59.8 Å². The van der Waals surface area contributed by atoms with Crippen molar-refractivity contribution in [2.24, 2.45) is 16.7 Å². The smallest absolute Gasteiger partial charge is 0.333 e. The van der Waals surface area contributed by atoms with E-state index in [-0.39, 0.29) is 16.8 Å². The molecule has 29 heavy (non-hydrogen) atoms. The van der Waals surface area contributed by atoms with E-state index in [9.17, 15) is 14.4 Å². The van der Waals surface area contributed by atoms with Crippen LogP contribution in [0.2, 0.25) is 0 Å². The van der Waals surface area contributed by atoms with Crippen molar-refractivity contribution < 1.29 is 24.2 Å². The molecule has 2 atom stereocenters. The van der Waals surface area contributed by atoms with Gasteiger partial charge in [0.25, 0.3) is 0 Å². The van der Waals surface area contributed by atoms with Crippen molar-refractivity contribution in [3.63, 3.8) is 0 Å². The van der Waals surface area contributed by atoms with E-state index in [4.69, 9.17) is 9.84 Å². The first kappa shape index (κ1) is 25.1. The zero-order valence-corrected chi connectivity index (χ0v) is 18.8. The third kappa shape index (κ3) is 5.78. The molecule has 0 radical (unpaired) electrons. The number of hydrogen-bond acceptors (Lipinski definition) is 5. The summed E-state index contributed by atoms with van der Waals surface area (Å²) < 4.78 is 4.83. The molecule has 2 unspecified atom stereocenters. The highest BCUT2D eigenvalue weighted by molar-refractivity contribution is 5.90. The number of aliphatic carboxylic acids is 1. The summed E-state index contributed by atoms with van der Waals surface area (Å²) in [7, 11) is 3.85. The van der Waals surface area contributed by atoms with Crippen LogP contribution in [0.15, 0.2) is 23.8 Å². The maximum Gasteiger partial charge on any atom is 0.333 e. The Kier molecular flexibility index (Phi) is 8.82. The Morgan fingerprint density at radius 1 is 1.34 bits per heavy atom.